The number of likely N-dealkylation sites (tertiary alicyclic amines) is 1. The molecule has 0 radical (unpaired) electrons. The Balaban J connectivity index is 1.86. The topological polar surface area (TPSA) is 103 Å². The number of nitrogens with two attached hydrogens (primary N) is 1. The van der Waals surface area contributed by atoms with E-state index in [9.17, 15) is 9.59 Å². The molecule has 1 aliphatic heterocycles. The van der Waals surface area contributed by atoms with Crippen molar-refractivity contribution in [1.82, 2.24) is 10.2 Å². The maximum Gasteiger partial charge on any atom is 0.305 e. The Morgan fingerprint density at radius 1 is 1.20 bits per heavy atom. The van der Waals surface area contributed by atoms with E-state index in [1.165, 1.54) is 14.2 Å². The number of carbonyl (C=O) groups excluding carboxylic acids is 2. The van der Waals surface area contributed by atoms with Gasteiger partial charge in [0.1, 0.15) is 5.75 Å². The summed E-state index contributed by atoms with van der Waals surface area (Å²) in [4.78, 5) is 26.4. The quantitative estimate of drug-likeness (QED) is 0.339. The maximum atomic E-state index is 12.9. The van der Waals surface area contributed by atoms with Crippen molar-refractivity contribution in [3.63, 3.8) is 0 Å². The number of ether oxygens (including phenoxy) is 3. The molecule has 30 heavy (non-hydrogen) atoms. The molecular weight excluding hydrogens is 386 g/mol. The fraction of sp³-hybridized carbons (Fsp3) is 0.636. The summed E-state index contributed by atoms with van der Waals surface area (Å²) >= 11 is 0. The third-order valence-electron chi connectivity index (χ3n) is 5.68. The average molecular weight is 422 g/mol. The Kier molecular flexibility index (Phi) is 9.39. The standard InChI is InChI=1S/C22H35N3O5/c1-15-12-16(19(28-2)13-17(15)23)22(27)24-18-9-11-25(14-20(18)29-3)10-7-5-6-8-21(26)30-4/h12-13,18,20H,5-11,14,23H2,1-4H3,(H,24,27)/t18-,20+/m1/s1. The van der Waals surface area contributed by atoms with Crippen molar-refractivity contribution in [1.29, 1.82) is 0 Å². The molecule has 1 amide bonds. The van der Waals surface area contributed by atoms with Gasteiger partial charge in [-0.25, -0.2) is 0 Å². The van der Waals surface area contributed by atoms with Gasteiger partial charge in [0.15, 0.2) is 0 Å². The van der Waals surface area contributed by atoms with Crippen molar-refractivity contribution in [2.24, 2.45) is 0 Å². The number of piperidine rings is 1. The zero-order valence-electron chi connectivity index (χ0n) is 18.5. The molecule has 1 saturated heterocycles. The van der Waals surface area contributed by atoms with E-state index in [4.69, 9.17) is 15.2 Å². The number of aryl methyl sites for hydroxylation is 1. The van der Waals surface area contributed by atoms with Gasteiger partial charge in [0.05, 0.1) is 31.9 Å². The molecule has 0 aromatic heterocycles. The first-order valence-corrected chi connectivity index (χ1v) is 10.5. The number of esters is 1. The number of unbranched alkanes of at least 4 members (excludes halogenated alkanes) is 2. The van der Waals surface area contributed by atoms with Crippen LogP contribution in [0.3, 0.4) is 0 Å². The highest BCUT2D eigenvalue weighted by Gasteiger charge is 2.31. The minimum Gasteiger partial charge on any atom is -0.496 e. The van der Waals surface area contributed by atoms with Gasteiger partial charge >= 0.3 is 5.97 Å². The predicted octanol–water partition coefficient (Wildman–Crippen LogP) is 2.14. The molecule has 1 heterocycles. The highest BCUT2D eigenvalue weighted by atomic mass is 16.5. The van der Waals surface area contributed by atoms with Crippen LogP contribution in [-0.4, -0.2) is 69.9 Å². The Bertz CT molecular complexity index is 725. The highest BCUT2D eigenvalue weighted by molar-refractivity contribution is 5.98. The van der Waals surface area contributed by atoms with Crippen LogP contribution in [0.5, 0.6) is 5.75 Å². The van der Waals surface area contributed by atoms with E-state index in [1.807, 2.05) is 6.92 Å². The SMILES string of the molecule is COC(=O)CCCCCN1CC[C@@H](NC(=O)c2cc(C)c(N)cc2OC)[C@@H](OC)C1. The molecule has 1 aromatic carbocycles. The molecule has 8 heteroatoms. The molecule has 168 valence electrons. The minimum atomic E-state index is -0.182. The van der Waals surface area contributed by atoms with Crippen molar-refractivity contribution < 1.29 is 23.8 Å². The lowest BCUT2D eigenvalue weighted by atomic mass is 10.00. The summed E-state index contributed by atoms with van der Waals surface area (Å²) in [5.41, 5.74) is 7.84. The summed E-state index contributed by atoms with van der Waals surface area (Å²) in [6.45, 7) is 4.47. The third-order valence-corrected chi connectivity index (χ3v) is 5.68. The number of nitrogen functional groups attached to an aromatic ring is 1. The number of rotatable bonds is 10. The molecule has 2 rings (SSSR count). The van der Waals surface area contributed by atoms with E-state index < -0.39 is 0 Å². The van der Waals surface area contributed by atoms with Crippen molar-refractivity contribution in [3.8, 4) is 5.75 Å². The molecule has 1 fully saturated rings. The van der Waals surface area contributed by atoms with Crippen LogP contribution in [0.15, 0.2) is 12.1 Å². The zero-order chi connectivity index (χ0) is 22.1. The Labute approximate surface area is 179 Å². The summed E-state index contributed by atoms with van der Waals surface area (Å²) in [5.74, 6) is 0.131. The van der Waals surface area contributed by atoms with Crippen LogP contribution in [0.4, 0.5) is 5.69 Å². The van der Waals surface area contributed by atoms with Gasteiger partial charge in [-0.05, 0) is 44.4 Å². The largest absolute Gasteiger partial charge is 0.496 e. The molecule has 0 bridgehead atoms. The minimum absolute atomic E-state index is 0.0689. The second-order valence-electron chi connectivity index (χ2n) is 7.74. The van der Waals surface area contributed by atoms with Gasteiger partial charge in [-0.15, -0.1) is 0 Å². The number of methoxy groups -OCH3 is 3. The summed E-state index contributed by atoms with van der Waals surface area (Å²) in [6.07, 6.45) is 4.04. The number of benzene rings is 1. The zero-order valence-corrected chi connectivity index (χ0v) is 18.5. The number of nitrogens with one attached hydrogen (secondary N) is 1. The number of hydrogen-bond acceptors (Lipinski definition) is 7. The van der Waals surface area contributed by atoms with Gasteiger partial charge in [0, 0.05) is 38.4 Å². The number of hydrogen-bond donors (Lipinski definition) is 2. The van der Waals surface area contributed by atoms with Crippen LogP contribution in [-0.2, 0) is 14.3 Å². The molecule has 8 nitrogen and oxygen atoms in total. The van der Waals surface area contributed by atoms with Crippen LogP contribution < -0.4 is 15.8 Å². The summed E-state index contributed by atoms with van der Waals surface area (Å²) in [7, 11) is 4.63. The molecule has 0 saturated carbocycles. The molecule has 0 unspecified atom stereocenters. The monoisotopic (exact) mass is 421 g/mol. The smallest absolute Gasteiger partial charge is 0.305 e. The molecule has 3 N–H and O–H groups in total. The van der Waals surface area contributed by atoms with Crippen molar-refractivity contribution in [3.05, 3.63) is 23.3 Å². The fourth-order valence-corrected chi connectivity index (χ4v) is 3.77. The second-order valence-corrected chi connectivity index (χ2v) is 7.74. The number of amides is 1. The van der Waals surface area contributed by atoms with E-state index in [0.717, 1.165) is 50.9 Å². The van der Waals surface area contributed by atoms with Crippen molar-refractivity contribution in [2.45, 2.75) is 51.2 Å². The maximum absolute atomic E-state index is 12.9. The summed E-state index contributed by atoms with van der Waals surface area (Å²) in [6, 6.07) is 3.37. The highest BCUT2D eigenvalue weighted by Crippen LogP contribution is 2.25. The summed E-state index contributed by atoms with van der Waals surface area (Å²) in [5, 5.41) is 3.11. The number of carbonyl (C=O) groups is 2. The van der Waals surface area contributed by atoms with Crippen molar-refractivity contribution >= 4 is 17.6 Å². The van der Waals surface area contributed by atoms with E-state index in [1.54, 1.807) is 19.2 Å². The van der Waals surface area contributed by atoms with Gasteiger partial charge in [-0.2, -0.15) is 0 Å². The first kappa shape index (κ1) is 24.0. The fourth-order valence-electron chi connectivity index (χ4n) is 3.77. The van der Waals surface area contributed by atoms with Crippen LogP contribution >= 0.6 is 0 Å². The van der Waals surface area contributed by atoms with Crippen LogP contribution in [0.1, 0.15) is 48.0 Å². The first-order valence-electron chi connectivity index (χ1n) is 10.5. The van der Waals surface area contributed by atoms with E-state index >= 15 is 0 Å². The van der Waals surface area contributed by atoms with Gasteiger partial charge in [0.2, 0.25) is 0 Å². The Morgan fingerprint density at radius 2 is 1.97 bits per heavy atom. The van der Waals surface area contributed by atoms with Gasteiger partial charge in [0.25, 0.3) is 5.91 Å². The van der Waals surface area contributed by atoms with Crippen LogP contribution in [0, 0.1) is 6.92 Å². The average Bonchev–Trinajstić information content (AvgIpc) is 2.75. The van der Waals surface area contributed by atoms with E-state index in [0.29, 0.717) is 23.4 Å². The van der Waals surface area contributed by atoms with Crippen molar-refractivity contribution in [2.75, 3.05) is 46.7 Å². The summed E-state index contributed by atoms with van der Waals surface area (Å²) < 4.78 is 15.7. The Hall–Kier alpha value is -2.32. The predicted molar refractivity (Wildman–Crippen MR) is 116 cm³/mol. The number of nitrogens with zero attached hydrogens (tertiary/aromatic N) is 1. The van der Waals surface area contributed by atoms with Crippen LogP contribution in [0.2, 0.25) is 0 Å². The molecule has 2 atom stereocenters. The Morgan fingerprint density at radius 3 is 2.63 bits per heavy atom. The second kappa shape index (κ2) is 11.8. The van der Waals surface area contributed by atoms with Gasteiger partial charge < -0.3 is 30.2 Å². The van der Waals surface area contributed by atoms with E-state index in [2.05, 4.69) is 15.0 Å². The molecule has 1 aromatic rings. The molecule has 0 aliphatic carbocycles. The number of anilines is 1. The molecular formula is C22H35N3O5. The lowest BCUT2D eigenvalue weighted by Gasteiger charge is -2.38. The lowest BCUT2D eigenvalue weighted by molar-refractivity contribution is -0.140. The van der Waals surface area contributed by atoms with Gasteiger partial charge in [-0.1, -0.05) is 6.42 Å². The van der Waals surface area contributed by atoms with E-state index in [-0.39, 0.29) is 24.0 Å². The normalized spacial score (nSPS) is 19.3. The molecule has 0 spiro atoms. The molecule has 1 aliphatic rings. The third kappa shape index (κ3) is 6.60. The first-order chi connectivity index (χ1) is 14.4. The van der Waals surface area contributed by atoms with Gasteiger partial charge in [-0.3, -0.25) is 9.59 Å². The van der Waals surface area contributed by atoms with Crippen LogP contribution in [0.25, 0.3) is 0 Å². The lowest BCUT2D eigenvalue weighted by Crippen LogP contribution is -2.54.